The fourth-order valence-electron chi connectivity index (χ4n) is 2.99. The molecule has 0 bridgehead atoms. The summed E-state index contributed by atoms with van der Waals surface area (Å²) in [4.78, 5) is 2.61. The fraction of sp³-hybridized carbons (Fsp3) is 1.00. The van der Waals surface area contributed by atoms with E-state index in [4.69, 9.17) is 10.5 Å². The largest absolute Gasteiger partial charge is 0.381 e. The van der Waals surface area contributed by atoms with Crippen molar-refractivity contribution in [3.8, 4) is 0 Å². The molecule has 1 aliphatic heterocycles. The number of hydrogen-bond acceptors (Lipinski definition) is 3. The van der Waals surface area contributed by atoms with Crippen molar-refractivity contribution >= 4 is 0 Å². The lowest BCUT2D eigenvalue weighted by molar-refractivity contribution is 0.00536. The van der Waals surface area contributed by atoms with Gasteiger partial charge in [0.15, 0.2) is 0 Å². The maximum atomic E-state index is 6.06. The van der Waals surface area contributed by atoms with Crippen LogP contribution >= 0.6 is 0 Å². The monoisotopic (exact) mass is 256 g/mol. The Labute approximate surface area is 113 Å². The molecule has 0 aromatic carbocycles. The number of hydrogen-bond donors (Lipinski definition) is 1. The second-order valence-electron chi connectivity index (χ2n) is 6.52. The summed E-state index contributed by atoms with van der Waals surface area (Å²) < 4.78 is 5.64. The van der Waals surface area contributed by atoms with Crippen LogP contribution in [0, 0.1) is 17.8 Å². The van der Waals surface area contributed by atoms with Crippen LogP contribution in [-0.4, -0.2) is 43.8 Å². The molecule has 0 saturated carbocycles. The van der Waals surface area contributed by atoms with E-state index in [0.29, 0.717) is 23.8 Å². The summed E-state index contributed by atoms with van der Waals surface area (Å²) >= 11 is 0. The summed E-state index contributed by atoms with van der Waals surface area (Å²) in [5.41, 5.74) is 6.06. The Hall–Kier alpha value is -0.120. The zero-order valence-corrected chi connectivity index (χ0v) is 12.7. The molecular weight excluding hydrogens is 224 g/mol. The van der Waals surface area contributed by atoms with Crippen LogP contribution in [0.4, 0.5) is 0 Å². The van der Waals surface area contributed by atoms with E-state index < -0.39 is 0 Å². The van der Waals surface area contributed by atoms with Crippen molar-refractivity contribution < 1.29 is 4.74 Å². The zero-order valence-electron chi connectivity index (χ0n) is 12.7. The van der Waals surface area contributed by atoms with Gasteiger partial charge in [0, 0.05) is 32.3 Å². The van der Waals surface area contributed by atoms with Gasteiger partial charge < -0.3 is 10.5 Å². The van der Waals surface area contributed by atoms with Gasteiger partial charge in [0.05, 0.1) is 6.61 Å². The van der Waals surface area contributed by atoms with Crippen LogP contribution in [0.3, 0.4) is 0 Å². The molecule has 1 aliphatic rings. The van der Waals surface area contributed by atoms with Crippen molar-refractivity contribution in [3.63, 3.8) is 0 Å². The van der Waals surface area contributed by atoms with E-state index in [1.54, 1.807) is 0 Å². The number of ether oxygens (including phenoxy) is 1. The van der Waals surface area contributed by atoms with Gasteiger partial charge in [-0.05, 0) is 30.6 Å². The van der Waals surface area contributed by atoms with Crippen molar-refractivity contribution in [1.82, 2.24) is 4.90 Å². The predicted octanol–water partition coefficient (Wildman–Crippen LogP) is 2.35. The lowest BCUT2D eigenvalue weighted by Crippen LogP contribution is -2.50. The van der Waals surface area contributed by atoms with E-state index in [-0.39, 0.29) is 0 Å². The molecule has 0 aliphatic carbocycles. The second kappa shape index (κ2) is 8.13. The topological polar surface area (TPSA) is 38.5 Å². The Morgan fingerprint density at radius 2 is 1.78 bits per heavy atom. The summed E-state index contributed by atoms with van der Waals surface area (Å²) in [6, 6.07) is 0.495. The van der Waals surface area contributed by atoms with Crippen molar-refractivity contribution in [2.45, 2.75) is 46.6 Å². The van der Waals surface area contributed by atoms with Gasteiger partial charge in [0.1, 0.15) is 0 Å². The van der Waals surface area contributed by atoms with Crippen LogP contribution in [0.25, 0.3) is 0 Å². The molecule has 0 amide bonds. The van der Waals surface area contributed by atoms with Gasteiger partial charge in [-0.2, -0.15) is 0 Å². The van der Waals surface area contributed by atoms with Gasteiger partial charge in [-0.1, -0.05) is 27.7 Å². The second-order valence-corrected chi connectivity index (χ2v) is 6.52. The van der Waals surface area contributed by atoms with Crippen molar-refractivity contribution in [1.29, 1.82) is 0 Å². The molecule has 0 radical (unpaired) electrons. The van der Waals surface area contributed by atoms with E-state index in [9.17, 15) is 0 Å². The maximum absolute atomic E-state index is 6.06. The lowest BCUT2D eigenvalue weighted by Gasteiger charge is -2.39. The predicted molar refractivity (Wildman–Crippen MR) is 77.6 cm³/mol. The van der Waals surface area contributed by atoms with Crippen LogP contribution < -0.4 is 5.73 Å². The molecule has 108 valence electrons. The van der Waals surface area contributed by atoms with E-state index in [1.807, 2.05) is 0 Å². The first kappa shape index (κ1) is 15.9. The first-order chi connectivity index (χ1) is 8.54. The van der Waals surface area contributed by atoms with Gasteiger partial charge in [-0.25, -0.2) is 0 Å². The van der Waals surface area contributed by atoms with Gasteiger partial charge in [-0.15, -0.1) is 0 Å². The van der Waals surface area contributed by atoms with Gasteiger partial charge in [0.2, 0.25) is 0 Å². The summed E-state index contributed by atoms with van der Waals surface area (Å²) in [5.74, 6) is 2.02. The van der Waals surface area contributed by atoms with Crippen LogP contribution in [0.15, 0.2) is 0 Å². The van der Waals surface area contributed by atoms with Gasteiger partial charge in [0.25, 0.3) is 0 Å². The molecule has 1 saturated heterocycles. The average Bonchev–Trinajstić information content (AvgIpc) is 2.29. The third-order valence-electron chi connectivity index (χ3n) is 3.65. The van der Waals surface area contributed by atoms with Crippen LogP contribution in [0.5, 0.6) is 0 Å². The summed E-state index contributed by atoms with van der Waals surface area (Å²) in [7, 11) is 0. The highest BCUT2D eigenvalue weighted by Gasteiger charge is 2.28. The normalized spacial score (nSPS) is 23.0. The Bertz CT molecular complexity index is 203. The highest BCUT2D eigenvalue weighted by Crippen LogP contribution is 2.22. The van der Waals surface area contributed by atoms with Crippen LogP contribution in [0.2, 0.25) is 0 Å². The molecular formula is C15H32N2O. The minimum atomic E-state index is 0.495. The van der Waals surface area contributed by atoms with Gasteiger partial charge >= 0.3 is 0 Å². The summed E-state index contributed by atoms with van der Waals surface area (Å²) in [5, 5.41) is 0. The molecule has 2 N–H and O–H groups in total. The van der Waals surface area contributed by atoms with E-state index in [2.05, 4.69) is 32.6 Å². The molecule has 3 nitrogen and oxygen atoms in total. The van der Waals surface area contributed by atoms with Crippen molar-refractivity contribution in [2.24, 2.45) is 23.5 Å². The SMILES string of the molecule is CC(C)CN(CC(C)C)C(CN)C1CCCOC1. The number of nitrogens with two attached hydrogens (primary N) is 1. The molecule has 1 rings (SSSR count). The Morgan fingerprint density at radius 3 is 2.17 bits per heavy atom. The highest BCUT2D eigenvalue weighted by molar-refractivity contribution is 4.83. The van der Waals surface area contributed by atoms with Gasteiger partial charge in [-0.3, -0.25) is 4.90 Å². The average molecular weight is 256 g/mol. The summed E-state index contributed by atoms with van der Waals surface area (Å²) in [6.07, 6.45) is 2.47. The smallest absolute Gasteiger partial charge is 0.0509 e. The quantitative estimate of drug-likeness (QED) is 0.760. The molecule has 1 heterocycles. The molecule has 2 unspecified atom stereocenters. The Balaban J connectivity index is 2.64. The molecule has 0 spiro atoms. The minimum absolute atomic E-state index is 0.495. The third-order valence-corrected chi connectivity index (χ3v) is 3.65. The Kier molecular flexibility index (Phi) is 7.20. The van der Waals surface area contributed by atoms with Crippen molar-refractivity contribution in [3.05, 3.63) is 0 Å². The molecule has 0 aromatic rings. The highest BCUT2D eigenvalue weighted by atomic mass is 16.5. The van der Waals surface area contributed by atoms with E-state index >= 15 is 0 Å². The van der Waals surface area contributed by atoms with E-state index in [0.717, 1.165) is 32.8 Å². The standard InChI is InChI=1S/C15H32N2O/c1-12(2)9-17(10-13(3)4)15(8-16)14-6-5-7-18-11-14/h12-15H,5-11,16H2,1-4H3. The Morgan fingerprint density at radius 1 is 1.17 bits per heavy atom. The first-order valence-electron chi connectivity index (χ1n) is 7.56. The number of rotatable bonds is 7. The summed E-state index contributed by atoms with van der Waals surface area (Å²) in [6.45, 7) is 14.0. The first-order valence-corrected chi connectivity index (χ1v) is 7.56. The molecule has 2 atom stereocenters. The van der Waals surface area contributed by atoms with Crippen LogP contribution in [-0.2, 0) is 4.74 Å². The lowest BCUT2D eigenvalue weighted by atomic mass is 9.91. The van der Waals surface area contributed by atoms with Crippen molar-refractivity contribution in [2.75, 3.05) is 32.8 Å². The molecule has 18 heavy (non-hydrogen) atoms. The molecule has 3 heteroatoms. The molecule has 0 aromatic heterocycles. The van der Waals surface area contributed by atoms with Crippen LogP contribution in [0.1, 0.15) is 40.5 Å². The maximum Gasteiger partial charge on any atom is 0.0509 e. The third kappa shape index (κ3) is 5.25. The minimum Gasteiger partial charge on any atom is -0.381 e. The number of nitrogens with zero attached hydrogens (tertiary/aromatic N) is 1. The fourth-order valence-corrected chi connectivity index (χ4v) is 2.99. The van der Waals surface area contributed by atoms with E-state index in [1.165, 1.54) is 12.8 Å². The molecule has 1 fully saturated rings. The zero-order chi connectivity index (χ0) is 13.5.